The van der Waals surface area contributed by atoms with E-state index in [0.29, 0.717) is 96.7 Å². The van der Waals surface area contributed by atoms with Gasteiger partial charge in [0.25, 0.3) is 0 Å². The van der Waals surface area contributed by atoms with Gasteiger partial charge < -0.3 is 82.1 Å². The largest absolute Gasteiger partial charge is 0.466 e. The van der Waals surface area contributed by atoms with Crippen molar-refractivity contribution in [1.82, 2.24) is 21.3 Å². The number of ether oxygens (including phenoxy) is 8. The molecule has 562 valence electrons. The number of nitrogens with one attached hydrogen (secondary N) is 4. The number of esters is 4. The van der Waals surface area contributed by atoms with Crippen molar-refractivity contribution in [2.75, 3.05) is 54.2 Å². The third-order valence-electron chi connectivity index (χ3n) is 16.0. The van der Waals surface area contributed by atoms with E-state index in [1.54, 1.807) is 40.7 Å². The first kappa shape index (κ1) is 82.2. The molecule has 0 saturated carbocycles. The van der Waals surface area contributed by atoms with Crippen molar-refractivity contribution in [3.63, 3.8) is 0 Å². The van der Waals surface area contributed by atoms with Gasteiger partial charge in [0.1, 0.15) is 35.7 Å². The van der Waals surface area contributed by atoms with Crippen LogP contribution >= 0.6 is 55.1 Å². The number of hydrogen-bond acceptors (Lipinski definition) is 24. The van der Waals surface area contributed by atoms with E-state index in [1.807, 2.05) is 146 Å². The maximum Gasteiger partial charge on any atom is 0.338 e. The first-order valence-electron chi connectivity index (χ1n) is 34.1. The van der Waals surface area contributed by atoms with Crippen molar-refractivity contribution in [3.05, 3.63) is 261 Å². The van der Waals surface area contributed by atoms with Gasteiger partial charge in [0.05, 0.1) is 75.3 Å². The fraction of sp³-hybridized carbons (Fsp3) is 0.266. The number of nitrogens with two attached hydrogens (primary N) is 4. The molecule has 0 aliphatic carbocycles. The molecule has 0 aromatic heterocycles. The summed E-state index contributed by atoms with van der Waals surface area (Å²) in [6, 6.07) is 50.5. The standard InChI is InChI=1S/C23H27N3O2.C21H21Br2N3O4.C21H21Cl2N3O4.C14H17N3O2/c1-4-28-22(27)19-20(17-8-6-5-7-9-17)25-23(24)26-21(19)18-12-10-16(11-13-18)14-15(2)3;2*1-3-29-20(27)16-17(12-7-5-4-6-8-12)25-21(24)26-18(16)14-9-13(22)10-15(23)19(14)30-11-28-2;1-3-19-13(18)11-9(2)16-14(15)17-12(11)10-7-5-4-6-8-10/h5-13,15,21H,4,14H2,1-3H3,(H3,24,25,26);2*4-10,18H,3,11H2,1-2H3,(H3,24,25,26);4-8,12H,3H2,1-2H3,(H3,15,16,17). The molecule has 24 nitrogen and oxygen atoms in total. The SMILES string of the molecule is CCOC(=O)C1=C(C)NC(N)=NC1c1ccccc1.CCOC(=O)C1=C(c2ccccc2)NC(N)=NC1c1cc(Br)cc(Br)c1OCOC.CCOC(=O)C1=C(c2ccccc2)NC(N)=NC1c1cc(Cl)cc(Cl)c1OCOC.CCOC(=O)C1=C(c2ccccc2)NC(N)=NC1c1ccc(CC(C)C)cc1. The minimum absolute atomic E-state index is 0.0292. The van der Waals surface area contributed by atoms with Gasteiger partial charge in [-0.05, 0) is 121 Å². The Kier molecular flexibility index (Phi) is 31.0. The molecule has 107 heavy (non-hydrogen) atoms. The Balaban J connectivity index is 0.000000182. The molecule has 4 unspecified atom stereocenters. The fourth-order valence-electron chi connectivity index (χ4n) is 11.6. The molecule has 0 bridgehead atoms. The number of carbonyl (C=O) groups excluding carboxylic acids is 4. The molecule has 7 aromatic rings. The quantitative estimate of drug-likeness (QED) is 0.0168. The van der Waals surface area contributed by atoms with Crippen LogP contribution in [0.3, 0.4) is 0 Å². The number of nitrogens with zero attached hydrogens (tertiary/aromatic N) is 4. The van der Waals surface area contributed by atoms with Crippen molar-refractivity contribution in [3.8, 4) is 11.5 Å². The summed E-state index contributed by atoms with van der Waals surface area (Å²) in [6.45, 7) is 14.3. The van der Waals surface area contributed by atoms with Gasteiger partial charge in [-0.2, -0.15) is 0 Å². The Morgan fingerprint density at radius 2 is 0.813 bits per heavy atom. The zero-order valence-corrected chi connectivity index (χ0v) is 65.2. The van der Waals surface area contributed by atoms with Crippen LogP contribution in [-0.4, -0.2) is 102 Å². The molecule has 4 atom stereocenters. The summed E-state index contributed by atoms with van der Waals surface area (Å²) in [6.07, 6.45) is 1.01. The summed E-state index contributed by atoms with van der Waals surface area (Å²) in [5.41, 5.74) is 34.5. The number of allylic oxidation sites excluding steroid dienone is 1. The van der Waals surface area contributed by atoms with Crippen LogP contribution in [0.5, 0.6) is 11.5 Å². The highest BCUT2D eigenvalue weighted by atomic mass is 79.9. The van der Waals surface area contributed by atoms with Gasteiger partial charge in [-0.3, -0.25) is 0 Å². The lowest BCUT2D eigenvalue weighted by Crippen LogP contribution is -2.37. The average molecular weight is 1630 g/mol. The molecule has 7 aromatic carbocycles. The lowest BCUT2D eigenvalue weighted by molar-refractivity contribution is -0.139. The maximum atomic E-state index is 13.0. The molecule has 0 fully saturated rings. The summed E-state index contributed by atoms with van der Waals surface area (Å²) in [7, 11) is 3.02. The van der Waals surface area contributed by atoms with Crippen molar-refractivity contribution >= 4 is 120 Å². The topological polar surface area (TPSA) is 344 Å². The molecule has 4 heterocycles. The number of methoxy groups -OCH3 is 2. The molecule has 4 aliphatic heterocycles. The Labute approximate surface area is 649 Å². The van der Waals surface area contributed by atoms with Gasteiger partial charge >= 0.3 is 23.9 Å². The molecule has 4 aliphatic rings. The molecule has 0 saturated heterocycles. The van der Waals surface area contributed by atoms with Gasteiger partial charge in [0.15, 0.2) is 37.4 Å². The fourth-order valence-corrected chi connectivity index (χ4v) is 13.6. The molecule has 0 amide bonds. The van der Waals surface area contributed by atoms with Crippen molar-refractivity contribution in [2.45, 2.75) is 79.1 Å². The molecular weight excluding hydrogens is 1540 g/mol. The van der Waals surface area contributed by atoms with Crippen molar-refractivity contribution < 1.29 is 57.1 Å². The molecule has 0 radical (unpaired) electrons. The second-order valence-corrected chi connectivity index (χ2v) is 26.6. The van der Waals surface area contributed by atoms with Crippen LogP contribution < -0.4 is 53.7 Å². The number of carbonyl (C=O) groups is 4. The van der Waals surface area contributed by atoms with E-state index in [2.05, 4.69) is 99.1 Å². The summed E-state index contributed by atoms with van der Waals surface area (Å²) >= 11 is 19.6. The van der Waals surface area contributed by atoms with E-state index in [9.17, 15) is 19.2 Å². The third kappa shape index (κ3) is 21.9. The van der Waals surface area contributed by atoms with Gasteiger partial charge in [-0.25, -0.2) is 39.1 Å². The third-order valence-corrected chi connectivity index (χ3v) is 17.5. The smallest absolute Gasteiger partial charge is 0.338 e. The molecular formula is C79H86Br2Cl2N12O12. The van der Waals surface area contributed by atoms with E-state index in [0.717, 1.165) is 38.7 Å². The van der Waals surface area contributed by atoms with E-state index >= 15 is 0 Å². The van der Waals surface area contributed by atoms with Crippen LogP contribution in [0.15, 0.2) is 227 Å². The molecule has 0 spiro atoms. The lowest BCUT2D eigenvalue weighted by Gasteiger charge is -2.27. The first-order chi connectivity index (χ1) is 51.5. The predicted molar refractivity (Wildman–Crippen MR) is 424 cm³/mol. The number of hydrogen-bond donors (Lipinski definition) is 8. The highest BCUT2D eigenvalue weighted by Gasteiger charge is 2.38. The molecule has 28 heteroatoms. The number of halogens is 4. The van der Waals surface area contributed by atoms with E-state index in [4.69, 9.17) is 84.0 Å². The van der Waals surface area contributed by atoms with Crippen LogP contribution in [0.2, 0.25) is 10.0 Å². The van der Waals surface area contributed by atoms with Crippen LogP contribution in [0.4, 0.5) is 0 Å². The van der Waals surface area contributed by atoms with Gasteiger partial charge in [0, 0.05) is 40.5 Å². The Morgan fingerprint density at radius 1 is 0.458 bits per heavy atom. The first-order valence-corrected chi connectivity index (χ1v) is 36.4. The summed E-state index contributed by atoms with van der Waals surface area (Å²) in [5, 5.41) is 12.6. The minimum Gasteiger partial charge on any atom is -0.466 e. The second-order valence-electron chi connectivity index (χ2n) is 24.0. The van der Waals surface area contributed by atoms with Gasteiger partial charge in [0.2, 0.25) is 0 Å². The molecule has 12 N–H and O–H groups in total. The Hall–Kier alpha value is -10.5. The van der Waals surface area contributed by atoms with E-state index in [-0.39, 0.29) is 67.2 Å². The van der Waals surface area contributed by atoms with Gasteiger partial charge in [-0.15, -0.1) is 0 Å². The predicted octanol–water partition coefficient (Wildman–Crippen LogP) is 13.3. The van der Waals surface area contributed by atoms with E-state index in [1.165, 1.54) is 25.8 Å². The van der Waals surface area contributed by atoms with Crippen LogP contribution in [0, 0.1) is 5.92 Å². The molecule has 11 rings (SSSR count). The van der Waals surface area contributed by atoms with Crippen molar-refractivity contribution in [1.29, 1.82) is 0 Å². The zero-order valence-electron chi connectivity index (χ0n) is 60.5. The maximum absolute atomic E-state index is 13.0. The number of aliphatic imine (C=N–C) groups is 4. The summed E-state index contributed by atoms with van der Waals surface area (Å²) < 4.78 is 44.1. The van der Waals surface area contributed by atoms with Crippen molar-refractivity contribution in [2.24, 2.45) is 48.8 Å². The van der Waals surface area contributed by atoms with Crippen LogP contribution in [0.1, 0.15) is 117 Å². The normalized spacial score (nSPS) is 16.6. The zero-order chi connectivity index (χ0) is 77.3. The van der Waals surface area contributed by atoms with Crippen LogP contribution in [-0.2, 0) is 54.0 Å². The Morgan fingerprint density at radius 3 is 1.22 bits per heavy atom. The number of guanidine groups is 4. The highest BCUT2D eigenvalue weighted by molar-refractivity contribution is 9.11. The monoisotopic (exact) mass is 1620 g/mol. The summed E-state index contributed by atoms with van der Waals surface area (Å²) in [5.74, 6) is 0.483. The average Bonchev–Trinajstić information content (AvgIpc) is 0.779. The van der Waals surface area contributed by atoms with E-state index < -0.39 is 36.1 Å². The summed E-state index contributed by atoms with van der Waals surface area (Å²) in [4.78, 5) is 68.8. The van der Waals surface area contributed by atoms with Gasteiger partial charge in [-0.1, -0.05) is 199 Å². The van der Waals surface area contributed by atoms with Crippen LogP contribution in [0.25, 0.3) is 17.1 Å². The lowest BCUT2D eigenvalue weighted by atomic mass is 9.92. The second kappa shape index (κ2) is 40.3. The number of benzene rings is 7. The number of rotatable bonds is 23. The minimum atomic E-state index is -0.858. The highest BCUT2D eigenvalue weighted by Crippen LogP contribution is 2.46. The Bertz CT molecular complexity index is 4380.